The van der Waals surface area contributed by atoms with Crippen molar-refractivity contribution in [1.29, 1.82) is 0 Å². The average Bonchev–Trinajstić information content (AvgIpc) is 2.90. The molecule has 5 heteroatoms. The van der Waals surface area contributed by atoms with Crippen molar-refractivity contribution in [3.63, 3.8) is 0 Å². The highest BCUT2D eigenvalue weighted by Crippen LogP contribution is 2.32. The molecule has 1 N–H and O–H groups in total. The molecule has 0 bridgehead atoms. The lowest BCUT2D eigenvalue weighted by Crippen LogP contribution is -2.62. The first kappa shape index (κ1) is 12.7. The number of likely N-dealkylation sites (tertiary alicyclic amines) is 1. The van der Waals surface area contributed by atoms with E-state index in [9.17, 15) is 4.79 Å². The van der Waals surface area contributed by atoms with Gasteiger partial charge in [0.2, 0.25) is 5.91 Å². The summed E-state index contributed by atoms with van der Waals surface area (Å²) in [5, 5.41) is 3.00. The Morgan fingerprint density at radius 1 is 1.47 bits per heavy atom. The molecule has 2 aliphatic rings. The summed E-state index contributed by atoms with van der Waals surface area (Å²) in [6.07, 6.45) is 3.62. The Labute approximate surface area is 112 Å². The van der Waals surface area contributed by atoms with Gasteiger partial charge in [-0.15, -0.1) is 0 Å². The smallest absolute Gasteiger partial charge is 0.246 e. The van der Waals surface area contributed by atoms with Crippen molar-refractivity contribution in [2.24, 2.45) is 0 Å². The van der Waals surface area contributed by atoms with E-state index in [2.05, 4.69) is 10.2 Å². The van der Waals surface area contributed by atoms with Crippen LogP contribution in [0.2, 0.25) is 0 Å². The highest BCUT2D eigenvalue weighted by molar-refractivity contribution is 5.78. The molecule has 0 aliphatic carbocycles. The lowest BCUT2D eigenvalue weighted by molar-refractivity contribution is -0.159. The van der Waals surface area contributed by atoms with Gasteiger partial charge in [-0.1, -0.05) is 0 Å². The highest BCUT2D eigenvalue weighted by atomic mass is 16.5. The van der Waals surface area contributed by atoms with Crippen molar-refractivity contribution in [2.45, 2.75) is 38.0 Å². The first-order valence-electron chi connectivity index (χ1n) is 6.86. The number of amides is 1. The summed E-state index contributed by atoms with van der Waals surface area (Å²) in [6.45, 7) is 5.04. The number of furan rings is 1. The van der Waals surface area contributed by atoms with E-state index in [1.54, 1.807) is 6.26 Å². The average molecular weight is 264 g/mol. The number of carbonyl (C=O) groups excluding carboxylic acids is 1. The zero-order chi connectivity index (χ0) is 13.3. The summed E-state index contributed by atoms with van der Waals surface area (Å²) < 4.78 is 11.2. The van der Waals surface area contributed by atoms with Gasteiger partial charge in [0.1, 0.15) is 12.4 Å². The van der Waals surface area contributed by atoms with Crippen LogP contribution in [0.5, 0.6) is 0 Å². The molecule has 5 nitrogen and oxygen atoms in total. The zero-order valence-corrected chi connectivity index (χ0v) is 11.2. The van der Waals surface area contributed by atoms with Gasteiger partial charge in [0.05, 0.1) is 24.5 Å². The Morgan fingerprint density at radius 3 is 2.89 bits per heavy atom. The summed E-state index contributed by atoms with van der Waals surface area (Å²) in [6, 6.07) is 4.02. The van der Waals surface area contributed by atoms with Crippen molar-refractivity contribution < 1.29 is 13.9 Å². The van der Waals surface area contributed by atoms with E-state index in [-0.39, 0.29) is 24.2 Å². The maximum Gasteiger partial charge on any atom is 0.246 e. The molecule has 0 radical (unpaired) electrons. The van der Waals surface area contributed by atoms with E-state index in [1.165, 1.54) is 0 Å². The summed E-state index contributed by atoms with van der Waals surface area (Å²) in [5.41, 5.74) is -0.173. The molecule has 1 spiro atoms. The van der Waals surface area contributed by atoms with E-state index in [4.69, 9.17) is 9.15 Å². The molecule has 1 aromatic rings. The van der Waals surface area contributed by atoms with Crippen LogP contribution in [0.25, 0.3) is 0 Å². The molecule has 0 saturated carbocycles. The van der Waals surface area contributed by atoms with E-state index in [0.717, 1.165) is 38.2 Å². The van der Waals surface area contributed by atoms with Gasteiger partial charge in [-0.2, -0.15) is 0 Å². The molecule has 2 saturated heterocycles. The van der Waals surface area contributed by atoms with Crippen LogP contribution in [-0.2, 0) is 16.1 Å². The number of carbonyl (C=O) groups is 1. The van der Waals surface area contributed by atoms with Gasteiger partial charge in [-0.25, -0.2) is 0 Å². The van der Waals surface area contributed by atoms with Crippen molar-refractivity contribution in [1.82, 2.24) is 10.2 Å². The van der Waals surface area contributed by atoms with Crippen LogP contribution in [0, 0.1) is 0 Å². The second kappa shape index (κ2) is 4.98. The van der Waals surface area contributed by atoms with Crippen molar-refractivity contribution in [2.75, 3.05) is 19.7 Å². The van der Waals surface area contributed by atoms with Gasteiger partial charge >= 0.3 is 0 Å². The standard InChI is InChI=1S/C14H20N2O3/c1-11-14(19-10-13(17)15-11)4-6-16(7-5-14)9-12-3-2-8-18-12/h2-3,8,11H,4-7,9-10H2,1H3,(H,15,17)/t11-/m0/s1. The predicted molar refractivity (Wildman–Crippen MR) is 69.5 cm³/mol. The summed E-state index contributed by atoms with van der Waals surface area (Å²) >= 11 is 0. The molecule has 104 valence electrons. The summed E-state index contributed by atoms with van der Waals surface area (Å²) in [7, 11) is 0. The molecular formula is C14H20N2O3. The van der Waals surface area contributed by atoms with Crippen molar-refractivity contribution >= 4 is 5.91 Å². The molecule has 0 aromatic carbocycles. The Bertz CT molecular complexity index is 436. The second-order valence-electron chi connectivity index (χ2n) is 5.50. The number of hydrogen-bond acceptors (Lipinski definition) is 4. The minimum Gasteiger partial charge on any atom is -0.468 e. The first-order chi connectivity index (χ1) is 9.18. The van der Waals surface area contributed by atoms with Crippen molar-refractivity contribution in [3.8, 4) is 0 Å². The van der Waals surface area contributed by atoms with Crippen LogP contribution < -0.4 is 5.32 Å². The van der Waals surface area contributed by atoms with Gasteiger partial charge in [-0.3, -0.25) is 9.69 Å². The van der Waals surface area contributed by atoms with Crippen LogP contribution >= 0.6 is 0 Å². The lowest BCUT2D eigenvalue weighted by atomic mass is 9.83. The van der Waals surface area contributed by atoms with E-state index in [0.29, 0.717) is 0 Å². The molecule has 2 fully saturated rings. The van der Waals surface area contributed by atoms with Gasteiger partial charge in [-0.05, 0) is 31.9 Å². The highest BCUT2D eigenvalue weighted by Gasteiger charge is 2.44. The predicted octanol–water partition coefficient (Wildman–Crippen LogP) is 1.15. The van der Waals surface area contributed by atoms with E-state index >= 15 is 0 Å². The Hall–Kier alpha value is -1.33. The molecule has 3 rings (SSSR count). The number of piperidine rings is 1. The Morgan fingerprint density at radius 2 is 2.26 bits per heavy atom. The molecular weight excluding hydrogens is 244 g/mol. The fourth-order valence-corrected chi connectivity index (χ4v) is 3.04. The minimum atomic E-state index is -0.173. The normalized spacial score (nSPS) is 27.4. The van der Waals surface area contributed by atoms with Crippen LogP contribution in [0.3, 0.4) is 0 Å². The summed E-state index contributed by atoms with van der Waals surface area (Å²) in [5.74, 6) is 0.998. The van der Waals surface area contributed by atoms with Crippen LogP contribution in [-0.4, -0.2) is 42.1 Å². The fraction of sp³-hybridized carbons (Fsp3) is 0.643. The molecule has 2 aliphatic heterocycles. The Balaban J connectivity index is 1.58. The number of ether oxygens (including phenoxy) is 1. The first-order valence-corrected chi connectivity index (χ1v) is 6.86. The summed E-state index contributed by atoms with van der Waals surface area (Å²) in [4.78, 5) is 13.7. The van der Waals surface area contributed by atoms with Crippen LogP contribution in [0.15, 0.2) is 22.8 Å². The Kier molecular flexibility index (Phi) is 3.33. The largest absolute Gasteiger partial charge is 0.468 e. The van der Waals surface area contributed by atoms with Crippen LogP contribution in [0.4, 0.5) is 0 Å². The fourth-order valence-electron chi connectivity index (χ4n) is 3.04. The monoisotopic (exact) mass is 264 g/mol. The molecule has 1 amide bonds. The maximum atomic E-state index is 11.3. The van der Waals surface area contributed by atoms with Gasteiger partial charge < -0.3 is 14.5 Å². The molecule has 1 aromatic heterocycles. The van der Waals surface area contributed by atoms with Crippen molar-refractivity contribution in [3.05, 3.63) is 24.2 Å². The number of rotatable bonds is 2. The topological polar surface area (TPSA) is 54.7 Å². The zero-order valence-electron chi connectivity index (χ0n) is 11.2. The third-order valence-electron chi connectivity index (χ3n) is 4.32. The number of nitrogens with zero attached hydrogens (tertiary/aromatic N) is 1. The maximum absolute atomic E-state index is 11.3. The molecule has 0 unspecified atom stereocenters. The van der Waals surface area contributed by atoms with Gasteiger partial charge in [0, 0.05) is 13.1 Å². The molecule has 3 heterocycles. The quantitative estimate of drug-likeness (QED) is 0.870. The number of nitrogens with one attached hydrogen (secondary N) is 1. The second-order valence-corrected chi connectivity index (χ2v) is 5.50. The molecule has 19 heavy (non-hydrogen) atoms. The number of hydrogen-bond donors (Lipinski definition) is 1. The van der Waals surface area contributed by atoms with E-state index in [1.807, 2.05) is 19.1 Å². The van der Waals surface area contributed by atoms with Crippen LogP contribution in [0.1, 0.15) is 25.5 Å². The minimum absolute atomic E-state index is 0.00357. The third-order valence-corrected chi connectivity index (χ3v) is 4.32. The number of morpholine rings is 1. The lowest BCUT2D eigenvalue weighted by Gasteiger charge is -2.47. The SMILES string of the molecule is C[C@@H]1NC(=O)COC12CCN(Cc1ccco1)CC2. The van der Waals surface area contributed by atoms with Gasteiger partial charge in [0.15, 0.2) is 0 Å². The third kappa shape index (κ3) is 2.53. The van der Waals surface area contributed by atoms with Gasteiger partial charge in [0.25, 0.3) is 0 Å². The molecule has 1 atom stereocenters. The van der Waals surface area contributed by atoms with E-state index < -0.39 is 0 Å².